The Hall–Kier alpha value is -3.41. The van der Waals surface area contributed by atoms with Gasteiger partial charge >= 0.3 is 0 Å². The van der Waals surface area contributed by atoms with Gasteiger partial charge in [-0.1, -0.05) is 0 Å². The van der Waals surface area contributed by atoms with E-state index in [-0.39, 0.29) is 46.4 Å². The Balaban J connectivity index is 1.36. The molecule has 2 amide bonds. The molecule has 0 radical (unpaired) electrons. The summed E-state index contributed by atoms with van der Waals surface area (Å²) < 4.78 is 5.30. The summed E-state index contributed by atoms with van der Waals surface area (Å²) in [5.74, 6) is 0.614. The molecule has 1 aliphatic carbocycles. The molecule has 1 spiro atoms. The summed E-state index contributed by atoms with van der Waals surface area (Å²) >= 11 is 0. The molecule has 2 aromatic rings. The minimum atomic E-state index is -0.374. The van der Waals surface area contributed by atoms with E-state index >= 15 is 0 Å². The van der Waals surface area contributed by atoms with Gasteiger partial charge in [0.15, 0.2) is 5.82 Å². The van der Waals surface area contributed by atoms with E-state index in [4.69, 9.17) is 4.74 Å². The second-order valence-electron chi connectivity index (χ2n) is 7.88. The summed E-state index contributed by atoms with van der Waals surface area (Å²) in [7, 11) is 1.51. The number of hydrogen-bond acceptors (Lipinski definition) is 10. The van der Waals surface area contributed by atoms with Crippen LogP contribution >= 0.6 is 0 Å². The third-order valence-electron chi connectivity index (χ3n) is 5.38. The van der Waals surface area contributed by atoms with Crippen LogP contribution in [0.5, 0.6) is 0 Å². The SMILES string of the molecule is CNC(=O)c1cnc(NC(=O)C2CC2)nc1Nc1ncnc(N2CC3(COC3)C2)n1. The fourth-order valence-corrected chi connectivity index (χ4v) is 3.48. The van der Waals surface area contributed by atoms with Gasteiger partial charge in [0, 0.05) is 32.3 Å². The van der Waals surface area contributed by atoms with E-state index in [1.165, 1.54) is 19.6 Å². The maximum absolute atomic E-state index is 12.2. The number of nitrogens with zero attached hydrogens (tertiary/aromatic N) is 6. The highest BCUT2D eigenvalue weighted by atomic mass is 16.5. The van der Waals surface area contributed by atoms with Crippen LogP contribution in [0.25, 0.3) is 0 Å². The first kappa shape index (κ1) is 18.6. The number of carbonyl (C=O) groups excluding carboxylic acids is 2. The zero-order valence-corrected chi connectivity index (χ0v) is 16.4. The molecule has 30 heavy (non-hydrogen) atoms. The van der Waals surface area contributed by atoms with Gasteiger partial charge in [-0.05, 0) is 12.8 Å². The number of carbonyl (C=O) groups is 2. The third kappa shape index (κ3) is 3.49. The molecule has 0 aromatic carbocycles. The van der Waals surface area contributed by atoms with Crippen molar-refractivity contribution in [3.8, 4) is 0 Å². The summed E-state index contributed by atoms with van der Waals surface area (Å²) in [6, 6.07) is 0. The van der Waals surface area contributed by atoms with Crippen LogP contribution in [-0.4, -0.2) is 70.1 Å². The Bertz CT molecular complexity index is 998. The van der Waals surface area contributed by atoms with Crippen LogP contribution in [0.15, 0.2) is 12.5 Å². The van der Waals surface area contributed by atoms with Crippen LogP contribution in [0.4, 0.5) is 23.7 Å². The van der Waals surface area contributed by atoms with Crippen molar-refractivity contribution in [3.05, 3.63) is 18.1 Å². The van der Waals surface area contributed by atoms with E-state index in [0.717, 1.165) is 39.1 Å². The first-order valence-corrected chi connectivity index (χ1v) is 9.74. The summed E-state index contributed by atoms with van der Waals surface area (Å²) in [4.78, 5) is 47.5. The minimum absolute atomic E-state index is 0.00982. The van der Waals surface area contributed by atoms with Crippen molar-refractivity contribution in [1.29, 1.82) is 0 Å². The van der Waals surface area contributed by atoms with Crippen molar-refractivity contribution in [2.24, 2.45) is 11.3 Å². The average Bonchev–Trinajstić information content (AvgIpc) is 3.51. The van der Waals surface area contributed by atoms with E-state index in [1.807, 2.05) is 0 Å². The number of amides is 2. The topological polar surface area (TPSA) is 147 Å². The Kier molecular flexibility index (Phi) is 4.42. The number of rotatable bonds is 6. The van der Waals surface area contributed by atoms with Crippen molar-refractivity contribution >= 4 is 35.5 Å². The molecular formula is C18H21N9O3. The normalized spacial score (nSPS) is 18.9. The monoisotopic (exact) mass is 411 g/mol. The van der Waals surface area contributed by atoms with Crippen LogP contribution in [0.3, 0.4) is 0 Å². The number of hydrogen-bond donors (Lipinski definition) is 3. The summed E-state index contributed by atoms with van der Waals surface area (Å²) in [6.07, 6.45) is 4.49. The first-order valence-electron chi connectivity index (χ1n) is 9.74. The van der Waals surface area contributed by atoms with Gasteiger partial charge < -0.3 is 20.3 Å². The van der Waals surface area contributed by atoms with Crippen molar-refractivity contribution in [1.82, 2.24) is 30.2 Å². The molecule has 0 bridgehead atoms. The van der Waals surface area contributed by atoms with Gasteiger partial charge in [0.25, 0.3) is 5.91 Å². The minimum Gasteiger partial charge on any atom is -0.380 e. The molecule has 0 unspecified atom stereocenters. The quantitative estimate of drug-likeness (QED) is 0.591. The van der Waals surface area contributed by atoms with Gasteiger partial charge in [-0.25, -0.2) is 15.0 Å². The van der Waals surface area contributed by atoms with Gasteiger partial charge in [-0.2, -0.15) is 9.97 Å². The molecule has 3 fully saturated rings. The highest BCUT2D eigenvalue weighted by Gasteiger charge is 2.50. The highest BCUT2D eigenvalue weighted by molar-refractivity contribution is 5.99. The maximum atomic E-state index is 12.2. The largest absolute Gasteiger partial charge is 0.380 e. The lowest BCUT2D eigenvalue weighted by Crippen LogP contribution is -2.66. The zero-order chi connectivity index (χ0) is 20.7. The standard InChI is InChI=1S/C18H21N9O3/c1-19-14(29)11-4-20-15(25-13(28)10-2-3-10)23-12(11)24-16-21-9-22-17(26-16)27-5-18(6-27)7-30-8-18/h4,9-10H,2-3,5-8H2,1H3,(H,19,29)(H2,20,21,22,23,24,25,26,28). The molecule has 2 saturated heterocycles. The van der Waals surface area contributed by atoms with Crippen LogP contribution in [0.1, 0.15) is 23.2 Å². The second kappa shape index (κ2) is 7.13. The third-order valence-corrected chi connectivity index (χ3v) is 5.38. The van der Waals surface area contributed by atoms with E-state index in [0.29, 0.717) is 5.95 Å². The number of ether oxygens (including phenoxy) is 1. The first-order chi connectivity index (χ1) is 14.5. The van der Waals surface area contributed by atoms with E-state index in [2.05, 4.69) is 45.8 Å². The van der Waals surface area contributed by atoms with Gasteiger partial charge in [-0.3, -0.25) is 14.9 Å². The average molecular weight is 411 g/mol. The van der Waals surface area contributed by atoms with Crippen molar-refractivity contribution in [2.75, 3.05) is 48.9 Å². The Labute approximate surface area is 171 Å². The molecule has 1 saturated carbocycles. The van der Waals surface area contributed by atoms with Crippen molar-refractivity contribution < 1.29 is 14.3 Å². The summed E-state index contributed by atoms with van der Waals surface area (Å²) in [5, 5.41) is 8.19. The predicted octanol–water partition coefficient (Wildman–Crippen LogP) is -0.0501. The lowest BCUT2D eigenvalue weighted by atomic mass is 9.78. The number of anilines is 4. The Morgan fingerprint density at radius 2 is 1.93 bits per heavy atom. The number of aromatic nitrogens is 5. The van der Waals surface area contributed by atoms with E-state index < -0.39 is 0 Å². The van der Waals surface area contributed by atoms with Gasteiger partial charge in [0.1, 0.15) is 11.9 Å². The fraction of sp³-hybridized carbons (Fsp3) is 0.500. The summed E-state index contributed by atoms with van der Waals surface area (Å²) in [5.41, 5.74) is 0.437. The van der Waals surface area contributed by atoms with Crippen molar-refractivity contribution in [3.63, 3.8) is 0 Å². The van der Waals surface area contributed by atoms with E-state index in [1.54, 1.807) is 0 Å². The van der Waals surface area contributed by atoms with E-state index in [9.17, 15) is 9.59 Å². The molecular weight excluding hydrogens is 390 g/mol. The molecule has 12 nitrogen and oxygen atoms in total. The van der Waals surface area contributed by atoms with Gasteiger partial charge in [0.05, 0.1) is 18.6 Å². The molecule has 5 rings (SSSR count). The summed E-state index contributed by atoms with van der Waals surface area (Å²) in [6.45, 7) is 3.21. The second-order valence-corrected chi connectivity index (χ2v) is 7.88. The fourth-order valence-electron chi connectivity index (χ4n) is 3.48. The Morgan fingerprint density at radius 1 is 1.13 bits per heavy atom. The molecule has 12 heteroatoms. The Morgan fingerprint density at radius 3 is 2.60 bits per heavy atom. The molecule has 0 atom stereocenters. The van der Waals surface area contributed by atoms with Crippen LogP contribution in [-0.2, 0) is 9.53 Å². The molecule has 2 aliphatic heterocycles. The zero-order valence-electron chi connectivity index (χ0n) is 16.4. The lowest BCUT2D eigenvalue weighted by molar-refractivity contribution is -0.127. The van der Waals surface area contributed by atoms with Crippen LogP contribution in [0.2, 0.25) is 0 Å². The number of nitrogens with one attached hydrogen (secondary N) is 3. The molecule has 4 heterocycles. The van der Waals surface area contributed by atoms with Crippen LogP contribution < -0.4 is 20.9 Å². The highest BCUT2D eigenvalue weighted by Crippen LogP contribution is 2.39. The van der Waals surface area contributed by atoms with Crippen molar-refractivity contribution in [2.45, 2.75) is 12.8 Å². The molecule has 3 N–H and O–H groups in total. The molecule has 2 aromatic heterocycles. The predicted molar refractivity (Wildman–Crippen MR) is 105 cm³/mol. The lowest BCUT2D eigenvalue weighted by Gasteiger charge is -2.54. The molecule has 3 aliphatic rings. The van der Waals surface area contributed by atoms with Gasteiger partial charge in [0.2, 0.25) is 23.8 Å². The van der Waals surface area contributed by atoms with Crippen LogP contribution in [0, 0.1) is 11.3 Å². The molecule has 156 valence electrons. The smallest absolute Gasteiger partial charge is 0.256 e. The maximum Gasteiger partial charge on any atom is 0.256 e. The van der Waals surface area contributed by atoms with Gasteiger partial charge in [-0.15, -0.1) is 0 Å².